The number of H-pyrrole nitrogens is 1. The van der Waals surface area contributed by atoms with Crippen molar-refractivity contribution in [2.24, 2.45) is 4.99 Å². The van der Waals surface area contributed by atoms with E-state index in [4.69, 9.17) is 5.73 Å². The van der Waals surface area contributed by atoms with Gasteiger partial charge in [-0.25, -0.2) is 15.0 Å². The lowest BCUT2D eigenvalue weighted by atomic mass is 10.3. The van der Waals surface area contributed by atoms with E-state index in [1.54, 1.807) is 22.7 Å². The van der Waals surface area contributed by atoms with Crippen molar-refractivity contribution in [3.63, 3.8) is 0 Å². The molecule has 3 rings (SSSR count). The fraction of sp³-hybridized carbons (Fsp3) is 0. The first-order valence-corrected chi connectivity index (χ1v) is 6.72. The Bertz CT molecular complexity index is 750. The monoisotopic (exact) mass is 364 g/mol. The zero-order valence-electron chi connectivity index (χ0n) is 9.71. The number of nitrogens with zero attached hydrogens (tertiary/aromatic N) is 4. The molecule has 0 spiro atoms. The quantitative estimate of drug-likeness (QED) is 0.540. The van der Waals surface area contributed by atoms with E-state index in [0.29, 0.717) is 23.0 Å². The molecule has 3 heterocycles. The normalized spacial score (nSPS) is 11.4. The summed E-state index contributed by atoms with van der Waals surface area (Å²) >= 11 is 2.02. The van der Waals surface area contributed by atoms with E-state index in [1.807, 2.05) is 34.7 Å². The van der Waals surface area contributed by atoms with Crippen LogP contribution in [0.1, 0.15) is 0 Å². The summed E-state index contributed by atoms with van der Waals surface area (Å²) in [5, 5.41) is 0. The van der Waals surface area contributed by atoms with Crippen LogP contribution in [0.25, 0.3) is 22.6 Å². The molecular weight excluding hydrogens is 355 g/mol. The number of hydrogen-bond acceptors (Lipinski definition) is 5. The van der Waals surface area contributed by atoms with E-state index in [1.165, 1.54) is 0 Å². The van der Waals surface area contributed by atoms with Gasteiger partial charge in [0, 0.05) is 18.0 Å². The van der Waals surface area contributed by atoms with Gasteiger partial charge in [0.15, 0.2) is 11.5 Å². The Morgan fingerprint density at radius 3 is 3.00 bits per heavy atom. The first-order valence-electron chi connectivity index (χ1n) is 5.47. The van der Waals surface area contributed by atoms with E-state index in [9.17, 15) is 0 Å². The van der Waals surface area contributed by atoms with Crippen LogP contribution < -0.4 is 5.73 Å². The number of rotatable bonds is 2. The molecule has 7 heteroatoms. The maximum absolute atomic E-state index is 5.88. The third-order valence-electron chi connectivity index (χ3n) is 2.59. The number of anilines is 1. The van der Waals surface area contributed by atoms with Crippen LogP contribution in [0, 0.1) is 0 Å². The van der Waals surface area contributed by atoms with Crippen molar-refractivity contribution in [3.05, 3.63) is 30.6 Å². The molecule has 0 aliphatic rings. The van der Waals surface area contributed by atoms with Crippen LogP contribution in [0.3, 0.4) is 0 Å². The largest absolute Gasteiger partial charge is 0.396 e. The molecule has 0 saturated heterocycles. The topological polar surface area (TPSA) is 92.8 Å². The highest BCUT2D eigenvalue weighted by atomic mass is 127. The third kappa shape index (κ3) is 2.28. The van der Waals surface area contributed by atoms with Crippen molar-refractivity contribution in [2.45, 2.75) is 0 Å². The number of hydrogen-bond donors (Lipinski definition) is 2. The molecule has 0 saturated carbocycles. The van der Waals surface area contributed by atoms with Crippen LogP contribution in [-0.2, 0) is 0 Å². The SMILES string of the molecule is Nc1cc2[nH]c(-c3cccnc3)nc2nc1N=CI. The molecule has 3 aromatic heterocycles. The number of aliphatic imine (C=N–C) groups is 1. The Hall–Kier alpha value is -2.03. The molecule has 19 heavy (non-hydrogen) atoms. The van der Waals surface area contributed by atoms with Gasteiger partial charge in [-0.05, 0) is 40.8 Å². The average Bonchev–Trinajstić information content (AvgIpc) is 2.83. The lowest BCUT2D eigenvalue weighted by Crippen LogP contribution is -1.89. The molecule has 0 fully saturated rings. The van der Waals surface area contributed by atoms with Gasteiger partial charge in [0.25, 0.3) is 0 Å². The lowest BCUT2D eigenvalue weighted by Gasteiger charge is -1.97. The standard InChI is InChI=1S/C12H9IN6/c13-6-16-11-8(14)4-9-12(19-11)18-10(17-9)7-2-1-3-15-5-7/h1-6H,14H2,(H,17,18,19). The van der Waals surface area contributed by atoms with Crippen molar-refractivity contribution < 1.29 is 0 Å². The number of aromatic amines is 1. The second kappa shape index (κ2) is 4.92. The minimum absolute atomic E-state index is 0.478. The zero-order valence-corrected chi connectivity index (χ0v) is 11.9. The minimum atomic E-state index is 0.478. The molecule has 0 aliphatic heterocycles. The summed E-state index contributed by atoms with van der Waals surface area (Å²) in [6, 6.07) is 5.57. The number of imidazole rings is 1. The summed E-state index contributed by atoms with van der Waals surface area (Å²) in [5.74, 6) is 1.19. The van der Waals surface area contributed by atoms with Gasteiger partial charge in [-0.3, -0.25) is 4.98 Å². The Labute approximate surface area is 122 Å². The summed E-state index contributed by atoms with van der Waals surface area (Å²) in [5.41, 5.74) is 8.67. The van der Waals surface area contributed by atoms with Crippen molar-refractivity contribution in [2.75, 3.05) is 5.73 Å². The molecular formula is C12H9IN6. The molecule has 0 radical (unpaired) electrons. The second-order valence-electron chi connectivity index (χ2n) is 3.83. The molecule has 0 amide bonds. The number of nitrogen functional groups attached to an aromatic ring is 1. The van der Waals surface area contributed by atoms with Gasteiger partial charge in [0.1, 0.15) is 5.82 Å². The fourth-order valence-electron chi connectivity index (χ4n) is 1.74. The summed E-state index contributed by atoms with van der Waals surface area (Å²) < 4.78 is 1.62. The van der Waals surface area contributed by atoms with E-state index in [-0.39, 0.29) is 0 Å². The summed E-state index contributed by atoms with van der Waals surface area (Å²) in [7, 11) is 0. The van der Waals surface area contributed by atoms with E-state index < -0.39 is 0 Å². The summed E-state index contributed by atoms with van der Waals surface area (Å²) in [6.45, 7) is 0. The molecule has 6 nitrogen and oxygen atoms in total. The van der Waals surface area contributed by atoms with E-state index >= 15 is 0 Å². The van der Waals surface area contributed by atoms with Gasteiger partial charge in [-0.2, -0.15) is 0 Å². The highest BCUT2D eigenvalue weighted by Crippen LogP contribution is 2.25. The van der Waals surface area contributed by atoms with Crippen LogP contribution in [0.4, 0.5) is 11.5 Å². The van der Waals surface area contributed by atoms with Gasteiger partial charge in [-0.1, -0.05) is 0 Å². The number of pyridine rings is 2. The van der Waals surface area contributed by atoms with Crippen molar-refractivity contribution >= 4 is 49.5 Å². The van der Waals surface area contributed by atoms with Crippen molar-refractivity contribution in [3.8, 4) is 11.4 Å². The number of nitrogens with one attached hydrogen (secondary N) is 1. The smallest absolute Gasteiger partial charge is 0.180 e. The lowest BCUT2D eigenvalue weighted by molar-refractivity contribution is 1.26. The van der Waals surface area contributed by atoms with E-state index in [2.05, 4.69) is 24.9 Å². The molecule has 0 aromatic carbocycles. The number of aromatic nitrogens is 4. The Balaban J connectivity index is 2.16. The van der Waals surface area contributed by atoms with Gasteiger partial charge < -0.3 is 10.7 Å². The first-order chi connectivity index (χ1) is 9.28. The molecule has 0 bridgehead atoms. The Morgan fingerprint density at radius 2 is 2.26 bits per heavy atom. The highest BCUT2D eigenvalue weighted by molar-refractivity contribution is 14.1. The second-order valence-corrected chi connectivity index (χ2v) is 4.38. The van der Waals surface area contributed by atoms with Crippen LogP contribution >= 0.6 is 22.6 Å². The molecule has 0 aliphatic carbocycles. The number of fused-ring (bicyclic) bond motifs is 1. The Kier molecular flexibility index (Phi) is 3.11. The predicted molar refractivity (Wildman–Crippen MR) is 83.7 cm³/mol. The average molecular weight is 364 g/mol. The van der Waals surface area contributed by atoms with Gasteiger partial charge >= 0.3 is 0 Å². The molecule has 0 unspecified atom stereocenters. The first kappa shape index (κ1) is 12.0. The molecule has 0 atom stereocenters. The van der Waals surface area contributed by atoms with Crippen molar-refractivity contribution in [1.29, 1.82) is 0 Å². The van der Waals surface area contributed by atoms with Crippen molar-refractivity contribution in [1.82, 2.24) is 19.9 Å². The number of halogens is 1. The fourth-order valence-corrected chi connectivity index (χ4v) is 2.00. The maximum atomic E-state index is 5.88. The van der Waals surface area contributed by atoms with Crippen LogP contribution in [0.5, 0.6) is 0 Å². The summed E-state index contributed by atoms with van der Waals surface area (Å²) in [6.07, 6.45) is 3.46. The maximum Gasteiger partial charge on any atom is 0.180 e. The zero-order chi connectivity index (χ0) is 13.2. The highest BCUT2D eigenvalue weighted by Gasteiger charge is 2.09. The molecule has 3 aromatic rings. The molecule has 94 valence electrons. The van der Waals surface area contributed by atoms with Crippen LogP contribution in [0.2, 0.25) is 0 Å². The molecule has 3 N–H and O–H groups in total. The van der Waals surface area contributed by atoms with E-state index in [0.717, 1.165) is 11.1 Å². The van der Waals surface area contributed by atoms with Gasteiger partial charge in [-0.15, -0.1) is 0 Å². The van der Waals surface area contributed by atoms with Crippen LogP contribution in [0.15, 0.2) is 35.6 Å². The van der Waals surface area contributed by atoms with Gasteiger partial charge in [0.2, 0.25) is 0 Å². The minimum Gasteiger partial charge on any atom is -0.396 e. The predicted octanol–water partition coefficient (Wildman–Crippen LogP) is 2.70. The van der Waals surface area contributed by atoms with Gasteiger partial charge in [0.05, 0.1) is 15.4 Å². The van der Waals surface area contributed by atoms with Crippen LogP contribution in [-0.4, -0.2) is 24.2 Å². The Morgan fingerprint density at radius 1 is 1.37 bits per heavy atom. The third-order valence-corrected chi connectivity index (χ3v) is 2.87. The summed E-state index contributed by atoms with van der Waals surface area (Å²) in [4.78, 5) is 20.1. The number of nitrogens with two attached hydrogens (primary N) is 1.